The summed E-state index contributed by atoms with van der Waals surface area (Å²) in [5.74, 6) is 0.211. The molecule has 2 aromatic heterocycles. The molecule has 106 valence electrons. The van der Waals surface area contributed by atoms with Gasteiger partial charge in [-0.25, -0.2) is 4.98 Å². The Labute approximate surface area is 123 Å². The van der Waals surface area contributed by atoms with Crippen LogP contribution in [0.25, 0.3) is 0 Å². The summed E-state index contributed by atoms with van der Waals surface area (Å²) >= 11 is 2.51. The highest BCUT2D eigenvalue weighted by atomic mass is 32.2. The van der Waals surface area contributed by atoms with E-state index in [2.05, 4.69) is 25.5 Å². The minimum atomic E-state index is -0.242. The molecule has 2 N–H and O–H groups in total. The van der Waals surface area contributed by atoms with Crippen LogP contribution in [0.2, 0.25) is 0 Å². The lowest BCUT2D eigenvalue weighted by Crippen LogP contribution is -2.15. The van der Waals surface area contributed by atoms with Crippen molar-refractivity contribution in [3.05, 3.63) is 27.6 Å². The van der Waals surface area contributed by atoms with E-state index >= 15 is 0 Å². The average molecular weight is 311 g/mol. The van der Waals surface area contributed by atoms with Gasteiger partial charge in [-0.2, -0.15) is 0 Å². The Kier molecular flexibility index (Phi) is 4.85. The lowest BCUT2D eigenvalue weighted by Gasteiger charge is -2.00. The van der Waals surface area contributed by atoms with Crippen LogP contribution in [0.1, 0.15) is 24.8 Å². The maximum Gasteiger partial charge on any atom is 0.251 e. The van der Waals surface area contributed by atoms with E-state index in [0.717, 1.165) is 16.8 Å². The Morgan fingerprint density at radius 3 is 2.95 bits per heavy atom. The zero-order valence-corrected chi connectivity index (χ0v) is 12.5. The SMILES string of the molecule is CC(C)c1nnc(NC(=O)CSc2nccc(=O)[nH]2)s1. The largest absolute Gasteiger partial charge is 0.301 e. The van der Waals surface area contributed by atoms with Crippen molar-refractivity contribution < 1.29 is 4.79 Å². The molecule has 7 nitrogen and oxygen atoms in total. The molecule has 0 bridgehead atoms. The highest BCUT2D eigenvalue weighted by Crippen LogP contribution is 2.22. The van der Waals surface area contributed by atoms with Gasteiger partial charge < -0.3 is 4.98 Å². The number of aromatic nitrogens is 4. The summed E-state index contributed by atoms with van der Waals surface area (Å²) in [6, 6.07) is 1.32. The van der Waals surface area contributed by atoms with Crippen LogP contribution in [0, 0.1) is 0 Å². The molecular formula is C11H13N5O2S2. The molecule has 1 amide bonds. The minimum Gasteiger partial charge on any atom is -0.301 e. The van der Waals surface area contributed by atoms with Crippen LogP contribution in [-0.4, -0.2) is 31.8 Å². The molecule has 0 aliphatic rings. The number of hydrogen-bond donors (Lipinski definition) is 2. The van der Waals surface area contributed by atoms with Gasteiger partial charge in [-0.15, -0.1) is 10.2 Å². The molecule has 0 aliphatic heterocycles. The first-order chi connectivity index (χ1) is 9.54. The second-order valence-electron chi connectivity index (χ2n) is 4.18. The molecule has 0 fully saturated rings. The van der Waals surface area contributed by atoms with Crippen molar-refractivity contribution in [2.45, 2.75) is 24.9 Å². The molecule has 0 aliphatic carbocycles. The van der Waals surface area contributed by atoms with E-state index in [0.29, 0.717) is 10.3 Å². The summed E-state index contributed by atoms with van der Waals surface area (Å²) in [6.07, 6.45) is 1.40. The molecule has 0 radical (unpaired) electrons. The Balaban J connectivity index is 1.87. The van der Waals surface area contributed by atoms with Crippen LogP contribution in [0.15, 0.2) is 22.2 Å². The number of carbonyl (C=O) groups excluding carboxylic acids is 1. The molecule has 9 heteroatoms. The van der Waals surface area contributed by atoms with Gasteiger partial charge in [0, 0.05) is 18.2 Å². The standard InChI is InChI=1S/C11H13N5O2S2/c1-6(2)9-15-16-11(20-9)14-8(18)5-19-10-12-4-3-7(17)13-10/h3-4,6H,5H2,1-2H3,(H,12,13,17)(H,14,16,18). The molecule has 2 aromatic rings. The first-order valence-electron chi connectivity index (χ1n) is 5.86. The van der Waals surface area contributed by atoms with Crippen LogP contribution in [0.3, 0.4) is 0 Å². The molecule has 2 heterocycles. The monoisotopic (exact) mass is 311 g/mol. The maximum atomic E-state index is 11.7. The van der Waals surface area contributed by atoms with Crippen LogP contribution in [-0.2, 0) is 4.79 Å². The Hall–Kier alpha value is -1.74. The summed E-state index contributed by atoms with van der Waals surface area (Å²) < 4.78 is 0. The Bertz CT molecular complexity index is 652. The van der Waals surface area contributed by atoms with E-state index in [9.17, 15) is 9.59 Å². The number of rotatable bonds is 5. The van der Waals surface area contributed by atoms with Gasteiger partial charge in [0.15, 0.2) is 5.16 Å². The van der Waals surface area contributed by atoms with Crippen LogP contribution >= 0.6 is 23.1 Å². The van der Waals surface area contributed by atoms with Crippen LogP contribution < -0.4 is 10.9 Å². The second-order valence-corrected chi connectivity index (χ2v) is 6.15. The molecular weight excluding hydrogens is 298 g/mol. The van der Waals surface area contributed by atoms with Crippen LogP contribution in [0.5, 0.6) is 0 Å². The quantitative estimate of drug-likeness (QED) is 0.640. The van der Waals surface area contributed by atoms with Crippen molar-refractivity contribution in [2.75, 3.05) is 11.1 Å². The van der Waals surface area contributed by atoms with Crippen molar-refractivity contribution >= 4 is 34.1 Å². The van der Waals surface area contributed by atoms with Gasteiger partial charge in [-0.3, -0.25) is 14.9 Å². The summed E-state index contributed by atoms with van der Waals surface area (Å²) in [5.41, 5.74) is -0.242. The topological polar surface area (TPSA) is 101 Å². The summed E-state index contributed by atoms with van der Waals surface area (Å²) in [7, 11) is 0. The fourth-order valence-electron chi connectivity index (χ4n) is 1.23. The predicted octanol–water partition coefficient (Wildman–Crippen LogP) is 1.48. The lowest BCUT2D eigenvalue weighted by atomic mass is 10.2. The van der Waals surface area contributed by atoms with Gasteiger partial charge in [-0.05, 0) is 0 Å². The number of aromatic amines is 1. The molecule has 0 spiro atoms. The highest BCUT2D eigenvalue weighted by Gasteiger charge is 2.11. The zero-order valence-electron chi connectivity index (χ0n) is 10.9. The van der Waals surface area contributed by atoms with Crippen molar-refractivity contribution in [1.82, 2.24) is 20.2 Å². The molecule has 0 saturated heterocycles. The van der Waals surface area contributed by atoms with E-state index in [1.807, 2.05) is 13.8 Å². The van der Waals surface area contributed by atoms with Gasteiger partial charge in [0.2, 0.25) is 11.0 Å². The summed E-state index contributed by atoms with van der Waals surface area (Å²) in [5, 5.41) is 12.3. The number of anilines is 1. The smallest absolute Gasteiger partial charge is 0.251 e. The van der Waals surface area contributed by atoms with E-state index < -0.39 is 0 Å². The number of H-pyrrole nitrogens is 1. The number of thioether (sulfide) groups is 1. The molecule has 20 heavy (non-hydrogen) atoms. The fourth-order valence-corrected chi connectivity index (χ4v) is 2.64. The van der Waals surface area contributed by atoms with Gasteiger partial charge in [0.1, 0.15) is 5.01 Å². The van der Waals surface area contributed by atoms with Crippen molar-refractivity contribution in [2.24, 2.45) is 0 Å². The molecule has 2 rings (SSSR count). The van der Waals surface area contributed by atoms with E-state index in [4.69, 9.17) is 0 Å². The maximum absolute atomic E-state index is 11.7. The second kappa shape index (κ2) is 6.62. The van der Waals surface area contributed by atoms with Crippen LogP contribution in [0.4, 0.5) is 5.13 Å². The highest BCUT2D eigenvalue weighted by molar-refractivity contribution is 7.99. The van der Waals surface area contributed by atoms with Crippen molar-refractivity contribution in [3.8, 4) is 0 Å². The third-order valence-corrected chi connectivity index (χ3v) is 4.20. The average Bonchev–Trinajstić information content (AvgIpc) is 2.85. The van der Waals surface area contributed by atoms with E-state index in [1.54, 1.807) is 0 Å². The predicted molar refractivity (Wildman–Crippen MR) is 78.2 cm³/mol. The van der Waals surface area contributed by atoms with Gasteiger partial charge in [0.25, 0.3) is 5.56 Å². The molecule has 0 saturated carbocycles. The lowest BCUT2D eigenvalue weighted by molar-refractivity contribution is -0.113. The normalized spacial score (nSPS) is 10.8. The number of hydrogen-bond acceptors (Lipinski definition) is 7. The third-order valence-electron chi connectivity index (χ3n) is 2.17. The minimum absolute atomic E-state index is 0.142. The van der Waals surface area contributed by atoms with Gasteiger partial charge in [0.05, 0.1) is 5.75 Å². The first kappa shape index (κ1) is 14.7. The zero-order chi connectivity index (χ0) is 14.5. The summed E-state index contributed by atoms with van der Waals surface area (Å²) in [6.45, 7) is 4.03. The molecule has 0 aromatic carbocycles. The Morgan fingerprint density at radius 1 is 1.50 bits per heavy atom. The van der Waals surface area contributed by atoms with Crippen molar-refractivity contribution in [1.29, 1.82) is 0 Å². The van der Waals surface area contributed by atoms with Gasteiger partial charge in [-0.1, -0.05) is 36.9 Å². The number of amides is 1. The molecule has 0 unspecified atom stereocenters. The van der Waals surface area contributed by atoms with E-state index in [1.165, 1.54) is 23.6 Å². The Morgan fingerprint density at radius 2 is 2.30 bits per heavy atom. The van der Waals surface area contributed by atoms with Crippen molar-refractivity contribution in [3.63, 3.8) is 0 Å². The first-order valence-corrected chi connectivity index (χ1v) is 7.66. The molecule has 0 atom stereocenters. The van der Waals surface area contributed by atoms with Gasteiger partial charge >= 0.3 is 0 Å². The number of carbonyl (C=O) groups is 1. The summed E-state index contributed by atoms with van der Waals surface area (Å²) in [4.78, 5) is 29.3. The fraction of sp³-hybridized carbons (Fsp3) is 0.364. The number of nitrogens with zero attached hydrogens (tertiary/aromatic N) is 3. The third kappa shape index (κ3) is 4.14. The number of nitrogens with one attached hydrogen (secondary N) is 2. The van der Waals surface area contributed by atoms with E-state index in [-0.39, 0.29) is 23.1 Å².